The molecule has 3 heterocycles. The Hall–Kier alpha value is -5.13. The third-order valence-corrected chi connectivity index (χ3v) is 11.7. The number of para-hydroxylation sites is 2. The van der Waals surface area contributed by atoms with E-state index < -0.39 is 14.0 Å². The molecule has 0 saturated heterocycles. The van der Waals surface area contributed by atoms with Gasteiger partial charge in [-0.1, -0.05) is 130 Å². The number of benzene rings is 6. The van der Waals surface area contributed by atoms with E-state index in [1.807, 2.05) is 68.6 Å². The van der Waals surface area contributed by atoms with E-state index in [2.05, 4.69) is 127 Å². The van der Waals surface area contributed by atoms with Gasteiger partial charge in [-0.15, -0.1) is 53.6 Å². The number of furan rings is 1. The Labute approximate surface area is 327 Å². The predicted octanol–water partition coefficient (Wildman–Crippen LogP) is 12.1. The van der Waals surface area contributed by atoms with Crippen LogP contribution >= 0.6 is 0 Å². The Morgan fingerprint density at radius 1 is 0.811 bits per heavy atom. The van der Waals surface area contributed by atoms with Gasteiger partial charge in [0.1, 0.15) is 5.58 Å². The van der Waals surface area contributed by atoms with Crippen LogP contribution in [0.5, 0.6) is 0 Å². The van der Waals surface area contributed by atoms with Crippen LogP contribution in [0.3, 0.4) is 0 Å². The van der Waals surface area contributed by atoms with Crippen LogP contribution in [0.25, 0.3) is 72.1 Å². The Morgan fingerprint density at radius 2 is 1.53 bits per heavy atom. The smallest absolute Gasteiger partial charge is 0.120 e. The minimum absolute atomic E-state index is 0. The number of imidazole rings is 1. The summed E-state index contributed by atoms with van der Waals surface area (Å²) in [5.74, 6) is 0.221. The fourth-order valence-electron chi connectivity index (χ4n) is 7.10. The van der Waals surface area contributed by atoms with E-state index in [-0.39, 0.29) is 20.1 Å². The Bertz CT molecular complexity index is 2760. The van der Waals surface area contributed by atoms with Crippen molar-refractivity contribution in [3.8, 4) is 28.3 Å². The van der Waals surface area contributed by atoms with Gasteiger partial charge in [-0.2, -0.15) is 0 Å². The summed E-state index contributed by atoms with van der Waals surface area (Å²) in [6.45, 7) is 12.9. The first-order valence-electron chi connectivity index (χ1n) is 18.3. The second kappa shape index (κ2) is 14.7. The van der Waals surface area contributed by atoms with Crippen LogP contribution in [0.2, 0.25) is 19.6 Å². The van der Waals surface area contributed by atoms with Crippen molar-refractivity contribution in [2.24, 2.45) is 0 Å². The standard InChI is InChI=1S/C30H19N2O.C17H22NSi.Ir/c1-19-15-17-24(29-27(19)23-13-7-8-14-26(23)33-29)30-31-25-18-16-20-9-5-6-12-22(20)28(25)32(30)21-10-3-2-4-11-21;1-13(2)15-11-16(14-9-7-6-8-10-14)18-12-17(15)19(3,4)5;/h2-16,18H,1H3;6-9,11-13H,1-5H3;/q2*-1;/i;13D;. The number of aromatic nitrogens is 3. The maximum Gasteiger partial charge on any atom is 0.120 e. The van der Waals surface area contributed by atoms with Crippen molar-refractivity contribution in [2.75, 3.05) is 0 Å². The van der Waals surface area contributed by atoms with Crippen LogP contribution in [-0.2, 0) is 20.1 Å². The minimum atomic E-state index is -1.50. The van der Waals surface area contributed by atoms with Crippen LogP contribution < -0.4 is 5.19 Å². The van der Waals surface area contributed by atoms with E-state index in [0.717, 1.165) is 72.4 Å². The molecule has 6 aromatic carbocycles. The van der Waals surface area contributed by atoms with E-state index in [1.165, 1.54) is 16.0 Å². The van der Waals surface area contributed by atoms with E-state index in [1.54, 1.807) is 0 Å². The Morgan fingerprint density at radius 3 is 2.26 bits per heavy atom. The van der Waals surface area contributed by atoms with E-state index in [9.17, 15) is 0 Å². The first-order chi connectivity index (χ1) is 25.5. The summed E-state index contributed by atoms with van der Waals surface area (Å²) in [5, 5.41) is 5.88. The van der Waals surface area contributed by atoms with Gasteiger partial charge < -0.3 is 14.0 Å². The molecule has 0 aliphatic carbocycles. The average molecular weight is 885 g/mol. The molecule has 0 fully saturated rings. The van der Waals surface area contributed by atoms with Crippen LogP contribution in [-0.4, -0.2) is 22.6 Å². The van der Waals surface area contributed by atoms with Gasteiger partial charge in [-0.3, -0.25) is 4.98 Å². The van der Waals surface area contributed by atoms with E-state index in [0.29, 0.717) is 0 Å². The summed E-state index contributed by atoms with van der Waals surface area (Å²) in [4.78, 5) is 9.74. The monoisotopic (exact) mass is 885 g/mol. The van der Waals surface area contributed by atoms with Crippen molar-refractivity contribution in [2.45, 2.75) is 46.3 Å². The minimum Gasteiger partial charge on any atom is -0.501 e. The van der Waals surface area contributed by atoms with Crippen LogP contribution in [0.15, 0.2) is 138 Å². The fourth-order valence-corrected chi connectivity index (χ4v) is 8.68. The average Bonchev–Trinajstić information content (AvgIpc) is 3.75. The molecule has 9 rings (SSSR count). The molecular weight excluding hydrogens is 843 g/mol. The molecule has 4 nitrogen and oxygen atoms in total. The van der Waals surface area contributed by atoms with Crippen molar-refractivity contribution in [3.05, 3.63) is 157 Å². The number of hydrogen-bond acceptors (Lipinski definition) is 3. The largest absolute Gasteiger partial charge is 0.501 e. The molecule has 0 bridgehead atoms. The second-order valence-corrected chi connectivity index (χ2v) is 19.6. The molecule has 0 unspecified atom stereocenters. The number of hydrogen-bond donors (Lipinski definition) is 0. The van der Waals surface area contributed by atoms with Gasteiger partial charge in [0.2, 0.25) is 0 Å². The quantitative estimate of drug-likeness (QED) is 0.128. The zero-order valence-electron chi connectivity index (χ0n) is 31.8. The maximum atomic E-state index is 8.44. The van der Waals surface area contributed by atoms with Crippen molar-refractivity contribution in [3.63, 3.8) is 0 Å². The molecule has 0 amide bonds. The normalized spacial score (nSPS) is 12.1. The van der Waals surface area contributed by atoms with Crippen molar-refractivity contribution < 1.29 is 25.9 Å². The summed E-state index contributed by atoms with van der Waals surface area (Å²) >= 11 is 0. The molecule has 0 atom stereocenters. The summed E-state index contributed by atoms with van der Waals surface area (Å²) < 4.78 is 17.1. The topological polar surface area (TPSA) is 43.9 Å². The third-order valence-electron chi connectivity index (χ3n) is 9.66. The first-order valence-corrected chi connectivity index (χ1v) is 21.3. The van der Waals surface area contributed by atoms with Crippen LogP contribution in [0.4, 0.5) is 0 Å². The number of aryl methyl sites for hydroxylation is 1. The molecule has 265 valence electrons. The molecule has 0 spiro atoms. The SMILES string of the molecule is Cc1c[c-]c(-c2nc3ccc4ccccc4c3n2-c2ccccc2)c2oc3ccccc3c12.[2H]C(C)(C)c1cc(-c2[c-]cccc2)ncc1[Si](C)(C)C.[Ir]. The molecule has 9 aromatic rings. The van der Waals surface area contributed by atoms with Gasteiger partial charge in [0.05, 0.1) is 30.5 Å². The van der Waals surface area contributed by atoms with Gasteiger partial charge in [-0.05, 0) is 46.4 Å². The molecule has 53 heavy (non-hydrogen) atoms. The second-order valence-electron chi connectivity index (χ2n) is 14.6. The zero-order valence-corrected chi connectivity index (χ0v) is 34.2. The number of rotatable bonds is 5. The van der Waals surface area contributed by atoms with Gasteiger partial charge >= 0.3 is 0 Å². The molecule has 3 aromatic heterocycles. The third kappa shape index (κ3) is 6.79. The molecule has 0 N–H and O–H groups in total. The molecule has 0 aliphatic rings. The number of nitrogens with zero attached hydrogens (tertiary/aromatic N) is 3. The summed E-state index contributed by atoms with van der Waals surface area (Å²) in [5.41, 5.74) is 9.81. The Balaban J connectivity index is 0.000000186. The van der Waals surface area contributed by atoms with Crippen molar-refractivity contribution >= 4 is 57.0 Å². The molecule has 0 saturated carbocycles. The summed E-state index contributed by atoms with van der Waals surface area (Å²) in [7, 11) is -1.50. The number of fused-ring (bicyclic) bond motifs is 6. The van der Waals surface area contributed by atoms with Crippen LogP contribution in [0.1, 0.15) is 32.2 Å². The van der Waals surface area contributed by atoms with Crippen molar-refractivity contribution in [1.29, 1.82) is 0 Å². The van der Waals surface area contributed by atoms with Gasteiger partial charge in [-0.25, -0.2) is 0 Å². The summed E-state index contributed by atoms with van der Waals surface area (Å²) in [6.07, 6.45) is 1.98. The molecule has 0 aliphatic heterocycles. The maximum absolute atomic E-state index is 8.44. The summed E-state index contributed by atoms with van der Waals surface area (Å²) in [6, 6.07) is 50.0. The van der Waals surface area contributed by atoms with Crippen LogP contribution in [0, 0.1) is 19.1 Å². The predicted molar refractivity (Wildman–Crippen MR) is 220 cm³/mol. The molecular formula is C47H41IrN3OSi-2. The van der Waals surface area contributed by atoms with Gasteiger partial charge in [0, 0.05) is 44.1 Å². The molecule has 1 radical (unpaired) electrons. The zero-order chi connectivity index (χ0) is 36.9. The first kappa shape index (κ1) is 34.9. The van der Waals surface area contributed by atoms with Gasteiger partial charge in [0.15, 0.2) is 0 Å². The number of pyridine rings is 1. The fraction of sp³-hybridized carbons (Fsp3) is 0.149. The van der Waals surface area contributed by atoms with Crippen molar-refractivity contribution in [1.82, 2.24) is 14.5 Å². The Kier molecular flexibility index (Phi) is 9.69. The van der Waals surface area contributed by atoms with E-state index in [4.69, 9.17) is 10.8 Å². The van der Waals surface area contributed by atoms with E-state index >= 15 is 0 Å². The van der Waals surface area contributed by atoms with Gasteiger partial charge in [0.25, 0.3) is 0 Å². The molecule has 6 heteroatoms.